The van der Waals surface area contributed by atoms with Crippen LogP contribution in [0, 0.1) is 5.82 Å². The van der Waals surface area contributed by atoms with Gasteiger partial charge in [0.05, 0.1) is 48.8 Å². The molecule has 2 aliphatic heterocycles. The molecule has 3 heterocycles. The average Bonchev–Trinajstić information content (AvgIpc) is 2.92. The number of pyridine rings is 1. The Morgan fingerprint density at radius 1 is 1.03 bits per heavy atom. The van der Waals surface area contributed by atoms with Crippen LogP contribution < -0.4 is 15.0 Å². The number of benzene rings is 3. The van der Waals surface area contributed by atoms with Crippen LogP contribution in [-0.4, -0.2) is 43.8 Å². The van der Waals surface area contributed by atoms with Crippen molar-refractivity contribution in [1.82, 2.24) is 4.98 Å². The zero-order valence-electron chi connectivity index (χ0n) is 20.3. The van der Waals surface area contributed by atoms with Gasteiger partial charge in [-0.2, -0.15) is 0 Å². The molecule has 0 bridgehead atoms. The predicted octanol–water partition coefficient (Wildman–Crippen LogP) is 6.69. The Kier molecular flexibility index (Phi) is 6.82. The van der Waals surface area contributed by atoms with Crippen LogP contribution in [0.5, 0.6) is 5.75 Å². The van der Waals surface area contributed by atoms with Crippen molar-refractivity contribution in [2.45, 2.75) is 12.3 Å². The number of hydrogen-bond acceptors (Lipinski definition) is 5. The summed E-state index contributed by atoms with van der Waals surface area (Å²) in [6.45, 7) is 2.80. The number of halogens is 3. The monoisotopic (exact) mass is 551 g/mol. The van der Waals surface area contributed by atoms with Crippen molar-refractivity contribution in [1.29, 1.82) is 0 Å². The summed E-state index contributed by atoms with van der Waals surface area (Å²) in [6, 6.07) is 15.7. The molecule has 1 aromatic heterocycles. The maximum absolute atomic E-state index is 15.3. The van der Waals surface area contributed by atoms with Crippen LogP contribution in [0.3, 0.4) is 0 Å². The Labute approximate surface area is 229 Å². The number of anilines is 2. The molecule has 0 saturated carbocycles. The second-order valence-corrected chi connectivity index (χ2v) is 10.2. The van der Waals surface area contributed by atoms with E-state index in [9.17, 15) is 4.79 Å². The summed E-state index contributed by atoms with van der Waals surface area (Å²) in [7, 11) is 0. The minimum absolute atomic E-state index is 0.139. The normalized spacial score (nSPS) is 17.1. The van der Waals surface area contributed by atoms with E-state index in [0.717, 1.165) is 17.0 Å². The number of fused-ring (bicyclic) bond motifs is 2. The summed E-state index contributed by atoms with van der Waals surface area (Å²) in [5.41, 5.74) is 3.50. The molecule has 2 aliphatic rings. The molecule has 6 nitrogen and oxygen atoms in total. The molecule has 4 aromatic rings. The summed E-state index contributed by atoms with van der Waals surface area (Å²) in [5, 5.41) is 4.64. The van der Waals surface area contributed by atoms with E-state index >= 15 is 4.39 Å². The van der Waals surface area contributed by atoms with Crippen molar-refractivity contribution in [3.05, 3.63) is 82.2 Å². The molecule has 1 N–H and O–H groups in total. The van der Waals surface area contributed by atoms with E-state index in [2.05, 4.69) is 15.2 Å². The number of nitrogens with zero attached hydrogens (tertiary/aromatic N) is 2. The molecule has 1 fully saturated rings. The fourth-order valence-corrected chi connectivity index (χ4v) is 5.78. The van der Waals surface area contributed by atoms with Crippen LogP contribution in [0.2, 0.25) is 10.0 Å². The van der Waals surface area contributed by atoms with Crippen molar-refractivity contribution in [2.75, 3.05) is 43.1 Å². The highest BCUT2D eigenvalue weighted by molar-refractivity contribution is 6.35. The number of morpholine rings is 1. The van der Waals surface area contributed by atoms with Crippen LogP contribution in [0.1, 0.15) is 17.9 Å². The van der Waals surface area contributed by atoms with E-state index in [1.54, 1.807) is 30.5 Å². The van der Waals surface area contributed by atoms with Crippen molar-refractivity contribution >= 4 is 51.4 Å². The van der Waals surface area contributed by atoms with Gasteiger partial charge < -0.3 is 19.7 Å². The fourth-order valence-electron chi connectivity index (χ4n) is 5.25. The first kappa shape index (κ1) is 24.9. The Balaban J connectivity index is 1.47. The largest absolute Gasteiger partial charge is 0.493 e. The van der Waals surface area contributed by atoms with Crippen molar-refractivity contribution < 1.29 is 18.7 Å². The Bertz CT molecular complexity index is 1520. The van der Waals surface area contributed by atoms with E-state index < -0.39 is 5.82 Å². The lowest BCUT2D eigenvalue weighted by Crippen LogP contribution is -2.37. The first-order chi connectivity index (χ1) is 18.5. The molecule has 0 unspecified atom stereocenters. The minimum Gasteiger partial charge on any atom is -0.493 e. The van der Waals surface area contributed by atoms with Crippen LogP contribution in [0.4, 0.5) is 15.8 Å². The van der Waals surface area contributed by atoms with Gasteiger partial charge in [-0.25, -0.2) is 4.39 Å². The van der Waals surface area contributed by atoms with Crippen molar-refractivity contribution in [3.63, 3.8) is 0 Å². The smallest absolute Gasteiger partial charge is 0.232 e. The fraction of sp³-hybridized carbons (Fsp3) is 0.241. The summed E-state index contributed by atoms with van der Waals surface area (Å²) in [5.74, 6) is -0.206. The number of ether oxygens (including phenoxy) is 2. The van der Waals surface area contributed by atoms with E-state index in [1.165, 1.54) is 6.07 Å². The van der Waals surface area contributed by atoms with Gasteiger partial charge in [0.25, 0.3) is 0 Å². The van der Waals surface area contributed by atoms with Crippen LogP contribution in [0.25, 0.3) is 22.0 Å². The SMILES string of the molecule is O=C(Nc1cnc2c(-c3cc(Cl)cc(Cl)c3)c(F)ccc2c1N1CCOCC1)[C@H]1CCOc2ccccc21. The number of carbonyl (C=O) groups excluding carboxylic acids is 1. The lowest BCUT2D eigenvalue weighted by Gasteiger charge is -2.32. The number of hydrogen-bond donors (Lipinski definition) is 1. The number of carbonyl (C=O) groups is 1. The van der Waals surface area contributed by atoms with Crippen LogP contribution >= 0.6 is 23.2 Å². The van der Waals surface area contributed by atoms with Gasteiger partial charge in [0, 0.05) is 39.6 Å². The summed E-state index contributed by atoms with van der Waals surface area (Å²) in [4.78, 5) is 20.4. The van der Waals surface area contributed by atoms with Gasteiger partial charge in [0.15, 0.2) is 0 Å². The zero-order chi connectivity index (χ0) is 26.2. The molecule has 3 aromatic carbocycles. The maximum atomic E-state index is 15.3. The highest BCUT2D eigenvalue weighted by Gasteiger charge is 2.29. The lowest BCUT2D eigenvalue weighted by atomic mass is 9.92. The van der Waals surface area contributed by atoms with Crippen molar-refractivity contribution in [3.8, 4) is 16.9 Å². The Hall–Kier alpha value is -3.39. The molecule has 9 heteroatoms. The van der Waals surface area contributed by atoms with Gasteiger partial charge in [-0.15, -0.1) is 0 Å². The molecule has 1 amide bonds. The molecule has 1 saturated heterocycles. The molecule has 194 valence electrons. The third kappa shape index (κ3) is 4.66. The van der Waals surface area contributed by atoms with Gasteiger partial charge in [-0.3, -0.25) is 9.78 Å². The van der Waals surface area contributed by atoms with Crippen LogP contribution in [0.15, 0.2) is 60.8 Å². The minimum atomic E-state index is -0.438. The zero-order valence-corrected chi connectivity index (χ0v) is 21.9. The van der Waals surface area contributed by atoms with Gasteiger partial charge in [0.1, 0.15) is 11.6 Å². The van der Waals surface area contributed by atoms with Crippen molar-refractivity contribution in [2.24, 2.45) is 0 Å². The number of nitrogens with one attached hydrogen (secondary N) is 1. The molecule has 6 rings (SSSR count). The highest BCUT2D eigenvalue weighted by atomic mass is 35.5. The number of para-hydroxylation sites is 1. The predicted molar refractivity (Wildman–Crippen MR) is 148 cm³/mol. The topological polar surface area (TPSA) is 63.7 Å². The van der Waals surface area contributed by atoms with Gasteiger partial charge in [0.2, 0.25) is 5.91 Å². The van der Waals surface area contributed by atoms with E-state index in [4.69, 9.17) is 32.7 Å². The molecule has 38 heavy (non-hydrogen) atoms. The quantitative estimate of drug-likeness (QED) is 0.306. The summed E-state index contributed by atoms with van der Waals surface area (Å²) in [6.07, 6.45) is 2.17. The molecule has 1 atom stereocenters. The number of rotatable bonds is 4. The second-order valence-electron chi connectivity index (χ2n) is 9.31. The first-order valence-corrected chi connectivity index (χ1v) is 13.2. The molecule has 0 spiro atoms. The third-order valence-electron chi connectivity index (χ3n) is 6.97. The van der Waals surface area contributed by atoms with Gasteiger partial charge in [-0.1, -0.05) is 41.4 Å². The highest BCUT2D eigenvalue weighted by Crippen LogP contribution is 2.41. The maximum Gasteiger partial charge on any atom is 0.232 e. The summed E-state index contributed by atoms with van der Waals surface area (Å²) < 4.78 is 26.6. The molecule has 0 aliphatic carbocycles. The number of aromatic nitrogens is 1. The van der Waals surface area contributed by atoms with E-state index in [0.29, 0.717) is 77.1 Å². The van der Waals surface area contributed by atoms with Crippen LogP contribution in [-0.2, 0) is 9.53 Å². The Morgan fingerprint density at radius 3 is 2.58 bits per heavy atom. The van der Waals surface area contributed by atoms with E-state index in [1.807, 2.05) is 24.3 Å². The third-order valence-corrected chi connectivity index (χ3v) is 7.41. The average molecular weight is 552 g/mol. The lowest BCUT2D eigenvalue weighted by molar-refractivity contribution is -0.118. The van der Waals surface area contributed by atoms with E-state index in [-0.39, 0.29) is 11.8 Å². The number of amides is 1. The molecular formula is C29H24Cl2FN3O3. The molecular weight excluding hydrogens is 528 g/mol. The molecule has 0 radical (unpaired) electrons. The summed E-state index contributed by atoms with van der Waals surface area (Å²) >= 11 is 12.5. The Morgan fingerprint density at radius 2 is 1.79 bits per heavy atom. The van der Waals surface area contributed by atoms with Gasteiger partial charge >= 0.3 is 0 Å². The van der Waals surface area contributed by atoms with Gasteiger partial charge in [-0.05, 0) is 48.4 Å². The standard InChI is InChI=1S/C29H24Cl2FN3O3/c30-18-13-17(14-19(31)15-18)26-23(32)6-5-22-27(26)33-16-24(28(22)35-8-11-37-12-9-35)34-29(36)21-7-10-38-25-4-2-1-3-20(21)25/h1-6,13-16,21H,7-12H2,(H,34,36)/t21-/m0/s1. The second kappa shape index (κ2) is 10.4. The first-order valence-electron chi connectivity index (χ1n) is 12.4.